The highest BCUT2D eigenvalue weighted by Gasteiger charge is 2.40. The number of aromatic nitrogens is 4. The summed E-state index contributed by atoms with van der Waals surface area (Å²) in [5.74, 6) is -1.33. The lowest BCUT2D eigenvalue weighted by Gasteiger charge is -2.28. The van der Waals surface area contributed by atoms with Gasteiger partial charge in [-0.05, 0) is 16.5 Å². The monoisotopic (exact) mass is 406 g/mol. The van der Waals surface area contributed by atoms with Crippen molar-refractivity contribution in [3.8, 4) is 0 Å². The van der Waals surface area contributed by atoms with Gasteiger partial charge in [0.1, 0.15) is 0 Å². The molecule has 3 aromatic rings. The number of Topliss-reactive ketones (excluding diaryl/α,β-unsaturated/α-hetero) is 1. The minimum atomic E-state index is -1.06. The third kappa shape index (κ3) is 3.07. The zero-order valence-corrected chi connectivity index (χ0v) is 15.6. The number of carbonyl (C=O) groups excluding carboxylic acids is 2. The highest BCUT2D eigenvalue weighted by atomic mass is 16.6. The first-order valence-corrected chi connectivity index (χ1v) is 8.73. The van der Waals surface area contributed by atoms with Crippen LogP contribution < -0.4 is 5.32 Å². The molecule has 0 radical (unpaired) electrons. The Bertz CT molecular complexity index is 1190. The topological polar surface area (TPSA) is 142 Å². The van der Waals surface area contributed by atoms with Gasteiger partial charge in [0.2, 0.25) is 5.95 Å². The lowest BCUT2D eigenvalue weighted by molar-refractivity contribution is -0.385. The number of para-hydroxylation sites is 1. The Morgan fingerprint density at radius 3 is 2.53 bits per heavy atom. The Labute approximate surface area is 169 Å². The van der Waals surface area contributed by atoms with E-state index in [1.54, 1.807) is 36.4 Å². The number of methoxy groups -OCH3 is 1. The SMILES string of the molecule is COC(=O)C1=C(C(=O)c2ccccc2)C(c2ccccc2[N+](=O)[O-])Nc2nnnn21. The third-order valence-electron chi connectivity index (χ3n) is 4.60. The number of hydrogen-bond acceptors (Lipinski definition) is 9. The molecule has 1 aliphatic rings. The van der Waals surface area contributed by atoms with Crippen molar-refractivity contribution in [1.29, 1.82) is 0 Å². The van der Waals surface area contributed by atoms with Crippen LogP contribution in [-0.4, -0.2) is 44.0 Å². The van der Waals surface area contributed by atoms with E-state index in [1.165, 1.54) is 18.2 Å². The van der Waals surface area contributed by atoms with Crippen molar-refractivity contribution < 1.29 is 19.2 Å². The Morgan fingerprint density at radius 2 is 1.83 bits per heavy atom. The molecule has 2 heterocycles. The highest BCUT2D eigenvalue weighted by molar-refractivity contribution is 6.24. The molecule has 1 aliphatic heterocycles. The van der Waals surface area contributed by atoms with E-state index >= 15 is 0 Å². The second-order valence-electron chi connectivity index (χ2n) is 6.26. The van der Waals surface area contributed by atoms with Gasteiger partial charge in [-0.15, -0.1) is 0 Å². The Kier molecular flexibility index (Phi) is 4.76. The van der Waals surface area contributed by atoms with E-state index in [9.17, 15) is 19.7 Å². The Balaban J connectivity index is 2.02. The Hall–Kier alpha value is -4.41. The van der Waals surface area contributed by atoms with Crippen molar-refractivity contribution in [2.45, 2.75) is 6.04 Å². The van der Waals surface area contributed by atoms with Crippen molar-refractivity contribution in [3.63, 3.8) is 0 Å². The van der Waals surface area contributed by atoms with Crippen molar-refractivity contribution >= 4 is 29.1 Å². The van der Waals surface area contributed by atoms with Crippen LogP contribution in [0.4, 0.5) is 11.6 Å². The van der Waals surface area contributed by atoms with Crippen LogP contribution in [0.5, 0.6) is 0 Å². The number of ether oxygens (including phenoxy) is 1. The lowest BCUT2D eigenvalue weighted by atomic mass is 9.88. The van der Waals surface area contributed by atoms with Gasteiger partial charge in [-0.1, -0.05) is 47.6 Å². The van der Waals surface area contributed by atoms with E-state index in [-0.39, 0.29) is 34.0 Å². The second kappa shape index (κ2) is 7.54. The van der Waals surface area contributed by atoms with E-state index in [1.807, 2.05) is 0 Å². The van der Waals surface area contributed by atoms with Crippen LogP contribution in [0.15, 0.2) is 60.2 Å². The van der Waals surface area contributed by atoms with Crippen molar-refractivity contribution in [3.05, 3.63) is 81.4 Å². The highest BCUT2D eigenvalue weighted by Crippen LogP contribution is 2.39. The third-order valence-corrected chi connectivity index (χ3v) is 4.60. The molecule has 1 aromatic heterocycles. The number of hydrogen-bond donors (Lipinski definition) is 1. The fourth-order valence-corrected chi connectivity index (χ4v) is 3.29. The summed E-state index contributed by atoms with van der Waals surface area (Å²) in [6, 6.07) is 13.1. The molecule has 11 nitrogen and oxygen atoms in total. The number of benzene rings is 2. The summed E-state index contributed by atoms with van der Waals surface area (Å²) < 4.78 is 5.92. The zero-order valence-electron chi connectivity index (χ0n) is 15.6. The van der Waals surface area contributed by atoms with Crippen LogP contribution in [0.2, 0.25) is 0 Å². The molecule has 1 atom stereocenters. The second-order valence-corrected chi connectivity index (χ2v) is 6.26. The molecule has 4 rings (SSSR count). The molecule has 0 aliphatic carbocycles. The normalized spacial score (nSPS) is 15.2. The van der Waals surface area contributed by atoms with Gasteiger partial charge >= 0.3 is 5.97 Å². The number of rotatable bonds is 5. The number of nitrogens with one attached hydrogen (secondary N) is 1. The number of nitro groups is 1. The fourth-order valence-electron chi connectivity index (χ4n) is 3.29. The van der Waals surface area contributed by atoms with Gasteiger partial charge < -0.3 is 10.1 Å². The molecule has 0 bridgehead atoms. The molecule has 0 fully saturated rings. The summed E-state index contributed by atoms with van der Waals surface area (Å²) in [7, 11) is 1.16. The van der Waals surface area contributed by atoms with Gasteiger partial charge in [-0.25, -0.2) is 4.79 Å². The molecule has 1 unspecified atom stereocenters. The van der Waals surface area contributed by atoms with Gasteiger partial charge in [0.25, 0.3) is 5.69 Å². The number of ketones is 1. The number of tetrazole rings is 1. The summed E-state index contributed by atoms with van der Waals surface area (Å²) in [6.45, 7) is 0. The Morgan fingerprint density at radius 1 is 1.13 bits per heavy atom. The van der Waals surface area contributed by atoms with Crippen LogP contribution >= 0.6 is 0 Å². The molecule has 150 valence electrons. The number of esters is 1. The predicted octanol–water partition coefficient (Wildman–Crippen LogP) is 2.02. The minimum Gasteiger partial charge on any atom is -0.464 e. The maximum atomic E-state index is 13.5. The fraction of sp³-hybridized carbons (Fsp3) is 0.105. The number of fused-ring (bicyclic) bond motifs is 1. The van der Waals surface area contributed by atoms with Gasteiger partial charge in [0.15, 0.2) is 11.5 Å². The summed E-state index contributed by atoms with van der Waals surface area (Å²) in [6.07, 6.45) is 0. The van der Waals surface area contributed by atoms with Crippen LogP contribution in [0.25, 0.3) is 5.70 Å². The predicted molar refractivity (Wildman–Crippen MR) is 103 cm³/mol. The standard InChI is InChI=1S/C19H14N6O5/c1-30-18(27)16-14(17(26)11-7-3-2-4-8-11)15(20-19-21-22-23-24(16)19)12-9-5-6-10-13(12)25(28)29/h2-10,15H,1H3,(H,20,21,23). The van der Waals surface area contributed by atoms with Crippen LogP contribution in [-0.2, 0) is 9.53 Å². The minimum absolute atomic E-state index is 0.0446. The van der Waals surface area contributed by atoms with Gasteiger partial charge in [0, 0.05) is 11.6 Å². The quantitative estimate of drug-likeness (QED) is 0.291. The smallest absolute Gasteiger partial charge is 0.357 e. The molecule has 1 N–H and O–H groups in total. The molecule has 0 amide bonds. The summed E-state index contributed by atoms with van der Waals surface area (Å²) in [5.41, 5.74) is -0.0397. The number of nitrogens with zero attached hydrogens (tertiary/aromatic N) is 5. The molecule has 0 saturated carbocycles. The largest absolute Gasteiger partial charge is 0.464 e. The molecule has 0 saturated heterocycles. The van der Waals surface area contributed by atoms with E-state index in [0.717, 1.165) is 11.8 Å². The van der Waals surface area contributed by atoms with E-state index in [4.69, 9.17) is 4.74 Å². The molecule has 11 heteroatoms. The first kappa shape index (κ1) is 18.9. The van der Waals surface area contributed by atoms with E-state index in [0.29, 0.717) is 0 Å². The molecule has 30 heavy (non-hydrogen) atoms. The van der Waals surface area contributed by atoms with Gasteiger partial charge in [-0.3, -0.25) is 14.9 Å². The van der Waals surface area contributed by atoms with Gasteiger partial charge in [0.05, 0.1) is 29.2 Å². The summed E-state index contributed by atoms with van der Waals surface area (Å²) >= 11 is 0. The van der Waals surface area contributed by atoms with Crippen molar-refractivity contribution in [1.82, 2.24) is 20.2 Å². The summed E-state index contributed by atoms with van der Waals surface area (Å²) in [5, 5.41) is 25.7. The molecular weight excluding hydrogens is 392 g/mol. The maximum Gasteiger partial charge on any atom is 0.357 e. The molecule has 2 aromatic carbocycles. The van der Waals surface area contributed by atoms with Crippen LogP contribution in [0, 0.1) is 10.1 Å². The average Bonchev–Trinajstić information content (AvgIpc) is 3.25. The first-order chi connectivity index (χ1) is 14.5. The average molecular weight is 406 g/mol. The number of anilines is 1. The number of nitro benzene ring substituents is 1. The van der Waals surface area contributed by atoms with E-state index < -0.39 is 22.7 Å². The molecular formula is C19H14N6O5. The van der Waals surface area contributed by atoms with Crippen LogP contribution in [0.1, 0.15) is 22.0 Å². The lowest BCUT2D eigenvalue weighted by Crippen LogP contribution is -2.32. The number of carbonyl (C=O) groups is 2. The van der Waals surface area contributed by atoms with Crippen molar-refractivity contribution in [2.75, 3.05) is 12.4 Å². The zero-order chi connectivity index (χ0) is 21.3. The summed E-state index contributed by atoms with van der Waals surface area (Å²) in [4.78, 5) is 37.2. The van der Waals surface area contributed by atoms with Crippen molar-refractivity contribution in [2.24, 2.45) is 0 Å². The van der Waals surface area contributed by atoms with Gasteiger partial charge in [-0.2, -0.15) is 4.68 Å². The first-order valence-electron chi connectivity index (χ1n) is 8.73. The maximum absolute atomic E-state index is 13.5. The van der Waals surface area contributed by atoms with E-state index in [2.05, 4.69) is 20.8 Å². The van der Waals surface area contributed by atoms with Crippen LogP contribution in [0.3, 0.4) is 0 Å². The molecule has 0 spiro atoms.